The summed E-state index contributed by atoms with van der Waals surface area (Å²) >= 11 is 0. The zero-order chi connectivity index (χ0) is 12.3. The average molecular weight is 235 g/mol. The van der Waals surface area contributed by atoms with Gasteiger partial charge in [0.15, 0.2) is 0 Å². The quantitative estimate of drug-likeness (QED) is 0.832. The molecule has 1 unspecified atom stereocenters. The van der Waals surface area contributed by atoms with E-state index in [1.165, 1.54) is 25.7 Å². The molecule has 0 amide bonds. The van der Waals surface area contributed by atoms with E-state index in [0.717, 1.165) is 23.6 Å². The summed E-state index contributed by atoms with van der Waals surface area (Å²) in [4.78, 5) is 0. The van der Waals surface area contributed by atoms with Gasteiger partial charge in [0.25, 0.3) is 0 Å². The van der Waals surface area contributed by atoms with E-state index in [2.05, 4.69) is 12.2 Å². The van der Waals surface area contributed by atoms with Crippen molar-refractivity contribution < 1.29 is 4.39 Å². The van der Waals surface area contributed by atoms with Crippen LogP contribution >= 0.6 is 0 Å². The predicted octanol–water partition coefficient (Wildman–Crippen LogP) is 3.97. The van der Waals surface area contributed by atoms with Gasteiger partial charge in [0, 0.05) is 6.04 Å². The zero-order valence-corrected chi connectivity index (χ0v) is 10.8. The number of halogens is 1. The highest BCUT2D eigenvalue weighted by Crippen LogP contribution is 2.25. The third-order valence-corrected chi connectivity index (χ3v) is 3.88. The van der Waals surface area contributed by atoms with Crippen LogP contribution < -0.4 is 5.32 Å². The molecule has 17 heavy (non-hydrogen) atoms. The summed E-state index contributed by atoms with van der Waals surface area (Å²) in [6.45, 7) is 4.98. The Bertz CT molecular complexity index is 369. The Kier molecular flexibility index (Phi) is 4.16. The lowest BCUT2D eigenvalue weighted by Gasteiger charge is -2.17. The van der Waals surface area contributed by atoms with Crippen molar-refractivity contribution in [3.05, 3.63) is 35.1 Å². The van der Waals surface area contributed by atoms with Gasteiger partial charge >= 0.3 is 0 Å². The number of rotatable bonds is 4. The normalized spacial score (nSPS) is 18.5. The van der Waals surface area contributed by atoms with Crippen LogP contribution in [0.3, 0.4) is 0 Å². The molecule has 1 aliphatic rings. The van der Waals surface area contributed by atoms with Crippen molar-refractivity contribution in [1.82, 2.24) is 5.32 Å². The number of aryl methyl sites for hydroxylation is 1. The molecule has 1 aromatic rings. The minimum atomic E-state index is -0.1000. The van der Waals surface area contributed by atoms with Crippen LogP contribution in [0.25, 0.3) is 0 Å². The highest BCUT2D eigenvalue weighted by atomic mass is 19.1. The summed E-state index contributed by atoms with van der Waals surface area (Å²) in [6.07, 6.45) is 5.45. The topological polar surface area (TPSA) is 12.0 Å². The van der Waals surface area contributed by atoms with E-state index in [1.54, 1.807) is 13.0 Å². The first-order chi connectivity index (χ1) is 8.16. The standard InChI is InChI=1S/C15H22FN/c1-11-7-8-14(9-15(11)16)12(2)17-10-13-5-3-4-6-13/h7-9,12-13,17H,3-6,10H2,1-2H3. The van der Waals surface area contributed by atoms with Crippen molar-refractivity contribution in [3.63, 3.8) is 0 Å². The lowest BCUT2D eigenvalue weighted by atomic mass is 10.0. The molecule has 1 aromatic carbocycles. The Morgan fingerprint density at radius 1 is 1.35 bits per heavy atom. The van der Waals surface area contributed by atoms with Crippen LogP contribution in [0.15, 0.2) is 18.2 Å². The van der Waals surface area contributed by atoms with Crippen LogP contribution in [0.1, 0.15) is 49.8 Å². The number of benzene rings is 1. The van der Waals surface area contributed by atoms with Gasteiger partial charge in [-0.25, -0.2) is 4.39 Å². The maximum Gasteiger partial charge on any atom is 0.126 e. The lowest BCUT2D eigenvalue weighted by molar-refractivity contribution is 0.451. The summed E-state index contributed by atoms with van der Waals surface area (Å²) in [7, 11) is 0. The molecular weight excluding hydrogens is 213 g/mol. The number of nitrogens with one attached hydrogen (secondary N) is 1. The second kappa shape index (κ2) is 5.63. The van der Waals surface area contributed by atoms with E-state index in [1.807, 2.05) is 12.1 Å². The first-order valence-corrected chi connectivity index (χ1v) is 6.66. The summed E-state index contributed by atoms with van der Waals surface area (Å²) in [6, 6.07) is 5.77. The van der Waals surface area contributed by atoms with Gasteiger partial charge in [-0.2, -0.15) is 0 Å². The fourth-order valence-corrected chi connectivity index (χ4v) is 2.55. The Hall–Kier alpha value is -0.890. The van der Waals surface area contributed by atoms with Crippen molar-refractivity contribution in [3.8, 4) is 0 Å². The predicted molar refractivity (Wildman–Crippen MR) is 69.5 cm³/mol. The van der Waals surface area contributed by atoms with E-state index in [4.69, 9.17) is 0 Å². The molecule has 0 bridgehead atoms. The monoisotopic (exact) mass is 235 g/mol. The summed E-state index contributed by atoms with van der Waals surface area (Å²) in [5.74, 6) is 0.727. The van der Waals surface area contributed by atoms with Crippen LogP contribution in [0.2, 0.25) is 0 Å². The van der Waals surface area contributed by atoms with E-state index in [-0.39, 0.29) is 11.9 Å². The average Bonchev–Trinajstić information content (AvgIpc) is 2.82. The van der Waals surface area contributed by atoms with E-state index < -0.39 is 0 Å². The molecule has 94 valence electrons. The maximum absolute atomic E-state index is 13.5. The van der Waals surface area contributed by atoms with Gasteiger partial charge in [0.05, 0.1) is 0 Å². The summed E-state index contributed by atoms with van der Waals surface area (Å²) in [5, 5.41) is 3.52. The Morgan fingerprint density at radius 3 is 2.71 bits per heavy atom. The largest absolute Gasteiger partial charge is 0.310 e. The smallest absolute Gasteiger partial charge is 0.126 e. The van der Waals surface area contributed by atoms with Gasteiger partial charge in [-0.1, -0.05) is 25.0 Å². The van der Waals surface area contributed by atoms with Crippen LogP contribution in [0.5, 0.6) is 0 Å². The van der Waals surface area contributed by atoms with Crippen molar-refractivity contribution in [2.75, 3.05) is 6.54 Å². The van der Waals surface area contributed by atoms with E-state index >= 15 is 0 Å². The molecule has 0 aliphatic heterocycles. The molecule has 2 rings (SSSR count). The Balaban J connectivity index is 1.89. The zero-order valence-electron chi connectivity index (χ0n) is 10.8. The second-order valence-corrected chi connectivity index (χ2v) is 5.29. The van der Waals surface area contributed by atoms with Gasteiger partial charge in [-0.05, 0) is 56.3 Å². The molecule has 0 radical (unpaired) electrons. The van der Waals surface area contributed by atoms with Crippen LogP contribution in [-0.2, 0) is 0 Å². The van der Waals surface area contributed by atoms with Crippen molar-refractivity contribution in [1.29, 1.82) is 0 Å². The lowest BCUT2D eigenvalue weighted by Crippen LogP contribution is -2.24. The molecule has 2 heteroatoms. The third kappa shape index (κ3) is 3.29. The Labute approximate surface area is 103 Å². The number of hydrogen-bond acceptors (Lipinski definition) is 1. The minimum Gasteiger partial charge on any atom is -0.310 e. The molecule has 1 nitrogen and oxygen atoms in total. The fraction of sp³-hybridized carbons (Fsp3) is 0.600. The van der Waals surface area contributed by atoms with Gasteiger partial charge in [-0.15, -0.1) is 0 Å². The SMILES string of the molecule is Cc1ccc(C(C)NCC2CCCC2)cc1F. The van der Waals surface area contributed by atoms with E-state index in [9.17, 15) is 4.39 Å². The fourth-order valence-electron chi connectivity index (χ4n) is 2.55. The van der Waals surface area contributed by atoms with Gasteiger partial charge in [-0.3, -0.25) is 0 Å². The van der Waals surface area contributed by atoms with Crippen molar-refractivity contribution in [2.45, 2.75) is 45.6 Å². The van der Waals surface area contributed by atoms with Gasteiger partial charge in [0.1, 0.15) is 5.82 Å². The molecule has 1 N–H and O–H groups in total. The molecule has 1 atom stereocenters. The first kappa shape index (κ1) is 12.6. The van der Waals surface area contributed by atoms with E-state index in [0.29, 0.717) is 0 Å². The maximum atomic E-state index is 13.5. The van der Waals surface area contributed by atoms with Crippen molar-refractivity contribution in [2.24, 2.45) is 5.92 Å². The Morgan fingerprint density at radius 2 is 2.06 bits per heavy atom. The minimum absolute atomic E-state index is 0.1000. The highest BCUT2D eigenvalue weighted by molar-refractivity contribution is 5.25. The van der Waals surface area contributed by atoms with Crippen LogP contribution in [0.4, 0.5) is 4.39 Å². The molecule has 1 saturated carbocycles. The van der Waals surface area contributed by atoms with Crippen LogP contribution in [0, 0.1) is 18.7 Å². The number of hydrogen-bond donors (Lipinski definition) is 1. The molecule has 1 fully saturated rings. The summed E-state index contributed by atoms with van der Waals surface area (Å²) in [5.41, 5.74) is 1.77. The third-order valence-electron chi connectivity index (χ3n) is 3.88. The molecule has 0 spiro atoms. The van der Waals surface area contributed by atoms with Gasteiger partial charge < -0.3 is 5.32 Å². The van der Waals surface area contributed by atoms with Gasteiger partial charge in [0.2, 0.25) is 0 Å². The molecule has 0 saturated heterocycles. The first-order valence-electron chi connectivity index (χ1n) is 6.66. The molecule has 0 heterocycles. The van der Waals surface area contributed by atoms with Crippen molar-refractivity contribution >= 4 is 0 Å². The highest BCUT2D eigenvalue weighted by Gasteiger charge is 2.16. The summed E-state index contributed by atoms with van der Waals surface area (Å²) < 4.78 is 13.5. The molecular formula is C15H22FN. The molecule has 1 aliphatic carbocycles. The van der Waals surface area contributed by atoms with Crippen LogP contribution in [-0.4, -0.2) is 6.54 Å². The molecule has 0 aromatic heterocycles. The second-order valence-electron chi connectivity index (χ2n) is 5.29.